The van der Waals surface area contributed by atoms with E-state index in [4.69, 9.17) is 9.26 Å². The van der Waals surface area contributed by atoms with E-state index in [1.54, 1.807) is 24.5 Å². The van der Waals surface area contributed by atoms with Crippen LogP contribution in [0.25, 0.3) is 22.8 Å². The average molecular weight is 377 g/mol. The molecule has 0 spiro atoms. The number of hydrogen-bond donors (Lipinski definition) is 0. The number of rotatable bonds is 6. The maximum absolute atomic E-state index is 12.0. The summed E-state index contributed by atoms with van der Waals surface area (Å²) in [4.78, 5) is 21.3. The van der Waals surface area contributed by atoms with Gasteiger partial charge in [0.05, 0.1) is 0 Å². The summed E-state index contributed by atoms with van der Waals surface area (Å²) >= 11 is 0. The van der Waals surface area contributed by atoms with Crippen molar-refractivity contribution in [3.63, 3.8) is 0 Å². The third-order valence-electron chi connectivity index (χ3n) is 3.78. The monoisotopic (exact) mass is 377 g/mol. The minimum absolute atomic E-state index is 0.147. The SMILES string of the molecule is Cc1ccc(-c2nnn(CC(=O)OCc3nc(-c4cccnc4)no3)n2)cc1. The fourth-order valence-electron chi connectivity index (χ4n) is 2.36. The predicted octanol–water partition coefficient (Wildman–Crippen LogP) is 1.84. The van der Waals surface area contributed by atoms with Crippen LogP contribution in [-0.2, 0) is 22.7 Å². The first kappa shape index (κ1) is 17.5. The number of esters is 1. The Balaban J connectivity index is 1.33. The number of carbonyl (C=O) groups is 1. The molecule has 0 radical (unpaired) electrons. The number of pyridine rings is 1. The van der Waals surface area contributed by atoms with Gasteiger partial charge < -0.3 is 9.26 Å². The Morgan fingerprint density at radius 1 is 1.14 bits per heavy atom. The summed E-state index contributed by atoms with van der Waals surface area (Å²) < 4.78 is 10.2. The zero-order valence-corrected chi connectivity index (χ0v) is 14.9. The minimum Gasteiger partial charge on any atom is -0.454 e. The van der Waals surface area contributed by atoms with Gasteiger partial charge in [0, 0.05) is 23.5 Å². The Kier molecular flexibility index (Phi) is 4.83. The zero-order chi connectivity index (χ0) is 19.3. The predicted molar refractivity (Wildman–Crippen MR) is 95.3 cm³/mol. The maximum atomic E-state index is 12.0. The Labute approximate surface area is 159 Å². The summed E-state index contributed by atoms with van der Waals surface area (Å²) in [7, 11) is 0. The van der Waals surface area contributed by atoms with E-state index >= 15 is 0 Å². The Morgan fingerprint density at radius 2 is 2.00 bits per heavy atom. The zero-order valence-electron chi connectivity index (χ0n) is 14.9. The molecule has 0 aliphatic rings. The second-order valence-electron chi connectivity index (χ2n) is 5.92. The van der Waals surface area contributed by atoms with Crippen LogP contribution in [-0.4, -0.2) is 41.3 Å². The molecular formula is C18H15N7O3. The van der Waals surface area contributed by atoms with E-state index < -0.39 is 5.97 Å². The molecule has 1 aromatic carbocycles. The van der Waals surface area contributed by atoms with Gasteiger partial charge in [-0.2, -0.15) is 9.78 Å². The number of hydrogen-bond acceptors (Lipinski definition) is 9. The molecule has 140 valence electrons. The van der Waals surface area contributed by atoms with Crippen molar-refractivity contribution >= 4 is 5.97 Å². The number of carbonyl (C=O) groups excluding carboxylic acids is 1. The third kappa shape index (κ3) is 4.06. The first-order valence-corrected chi connectivity index (χ1v) is 8.41. The first-order chi connectivity index (χ1) is 13.7. The molecule has 3 aromatic heterocycles. The van der Waals surface area contributed by atoms with E-state index in [-0.39, 0.29) is 19.0 Å². The highest BCUT2D eigenvalue weighted by Gasteiger charge is 2.13. The molecule has 28 heavy (non-hydrogen) atoms. The molecular weight excluding hydrogens is 362 g/mol. The molecule has 0 saturated heterocycles. The summed E-state index contributed by atoms with van der Waals surface area (Å²) in [5.74, 6) is 0.443. The number of aryl methyl sites for hydroxylation is 1. The average Bonchev–Trinajstić information content (AvgIpc) is 3.37. The largest absolute Gasteiger partial charge is 0.454 e. The molecule has 0 unspecified atom stereocenters. The summed E-state index contributed by atoms with van der Waals surface area (Å²) in [6.07, 6.45) is 3.26. The maximum Gasteiger partial charge on any atom is 0.330 e. The lowest BCUT2D eigenvalue weighted by molar-refractivity contribution is -0.147. The molecule has 0 saturated carbocycles. The molecule has 0 aliphatic carbocycles. The van der Waals surface area contributed by atoms with E-state index in [1.165, 1.54) is 4.80 Å². The summed E-state index contributed by atoms with van der Waals surface area (Å²) in [6.45, 7) is 1.67. The third-order valence-corrected chi connectivity index (χ3v) is 3.78. The molecule has 4 rings (SSSR count). The summed E-state index contributed by atoms with van der Waals surface area (Å²) in [6, 6.07) is 11.3. The quantitative estimate of drug-likeness (QED) is 0.463. The van der Waals surface area contributed by atoms with Gasteiger partial charge in [-0.3, -0.25) is 4.98 Å². The van der Waals surface area contributed by atoms with Gasteiger partial charge in [-0.1, -0.05) is 35.0 Å². The second kappa shape index (κ2) is 7.74. The van der Waals surface area contributed by atoms with Crippen LogP contribution < -0.4 is 0 Å². The number of nitrogens with zero attached hydrogens (tertiary/aromatic N) is 7. The number of benzene rings is 1. The van der Waals surface area contributed by atoms with E-state index in [1.807, 2.05) is 31.2 Å². The lowest BCUT2D eigenvalue weighted by Gasteiger charge is -2.00. The molecule has 0 fully saturated rings. The van der Waals surface area contributed by atoms with Crippen molar-refractivity contribution < 1.29 is 14.1 Å². The van der Waals surface area contributed by atoms with Crippen molar-refractivity contribution in [2.75, 3.05) is 0 Å². The molecule has 0 aliphatic heterocycles. The van der Waals surface area contributed by atoms with Gasteiger partial charge in [-0.15, -0.1) is 10.2 Å². The van der Waals surface area contributed by atoms with E-state index in [0.717, 1.165) is 11.1 Å². The van der Waals surface area contributed by atoms with Gasteiger partial charge >= 0.3 is 5.97 Å². The summed E-state index contributed by atoms with van der Waals surface area (Å²) in [5.41, 5.74) is 2.66. The van der Waals surface area contributed by atoms with Crippen LogP contribution in [0.1, 0.15) is 11.5 Å². The van der Waals surface area contributed by atoms with Crippen molar-refractivity contribution in [1.29, 1.82) is 0 Å². The van der Waals surface area contributed by atoms with E-state index in [2.05, 4.69) is 30.5 Å². The van der Waals surface area contributed by atoms with Gasteiger partial charge in [0.1, 0.15) is 0 Å². The standard InChI is InChI=1S/C18H15N7O3/c1-12-4-6-13(7-5-12)18-21-24-25(22-18)10-16(26)27-11-15-20-17(23-28-15)14-3-2-8-19-9-14/h2-9H,10-11H2,1H3. The Hall–Kier alpha value is -3.95. The van der Waals surface area contributed by atoms with Crippen molar-refractivity contribution in [2.45, 2.75) is 20.1 Å². The van der Waals surface area contributed by atoms with Crippen LogP contribution in [0, 0.1) is 6.92 Å². The molecule has 0 amide bonds. The van der Waals surface area contributed by atoms with Crippen LogP contribution in [0.5, 0.6) is 0 Å². The van der Waals surface area contributed by atoms with E-state index in [0.29, 0.717) is 17.2 Å². The van der Waals surface area contributed by atoms with Gasteiger partial charge in [0.2, 0.25) is 11.6 Å². The van der Waals surface area contributed by atoms with E-state index in [9.17, 15) is 4.79 Å². The lowest BCUT2D eigenvalue weighted by atomic mass is 10.1. The van der Waals surface area contributed by atoms with Gasteiger partial charge in [0.15, 0.2) is 13.2 Å². The highest BCUT2D eigenvalue weighted by Crippen LogP contribution is 2.15. The van der Waals surface area contributed by atoms with Gasteiger partial charge in [-0.05, 0) is 24.3 Å². The molecule has 4 aromatic rings. The van der Waals surface area contributed by atoms with Gasteiger partial charge in [0.25, 0.3) is 5.89 Å². The van der Waals surface area contributed by atoms with Crippen molar-refractivity contribution in [3.05, 3.63) is 60.2 Å². The first-order valence-electron chi connectivity index (χ1n) is 8.41. The normalized spacial score (nSPS) is 10.8. The number of ether oxygens (including phenoxy) is 1. The molecule has 3 heterocycles. The van der Waals surface area contributed by atoms with Crippen molar-refractivity contribution in [2.24, 2.45) is 0 Å². The smallest absolute Gasteiger partial charge is 0.330 e. The van der Waals surface area contributed by atoms with Gasteiger partial charge in [-0.25, -0.2) is 4.79 Å². The topological polar surface area (TPSA) is 122 Å². The van der Waals surface area contributed by atoms with Crippen LogP contribution in [0.3, 0.4) is 0 Å². The highest BCUT2D eigenvalue weighted by molar-refractivity contribution is 5.68. The minimum atomic E-state index is -0.547. The molecule has 0 bridgehead atoms. The second-order valence-corrected chi connectivity index (χ2v) is 5.92. The fraction of sp³-hybridized carbons (Fsp3) is 0.167. The Bertz CT molecular complexity index is 1070. The van der Waals surface area contributed by atoms with Crippen LogP contribution in [0.2, 0.25) is 0 Å². The van der Waals surface area contributed by atoms with Crippen LogP contribution in [0.15, 0.2) is 53.3 Å². The summed E-state index contributed by atoms with van der Waals surface area (Å²) in [5, 5.41) is 15.8. The molecule has 0 atom stereocenters. The van der Waals surface area contributed by atoms with Crippen LogP contribution >= 0.6 is 0 Å². The molecule has 10 heteroatoms. The fourth-order valence-corrected chi connectivity index (χ4v) is 2.36. The van der Waals surface area contributed by atoms with Crippen LogP contribution in [0.4, 0.5) is 0 Å². The number of aromatic nitrogens is 7. The van der Waals surface area contributed by atoms with Crippen molar-refractivity contribution in [1.82, 2.24) is 35.3 Å². The Morgan fingerprint density at radius 3 is 2.79 bits per heavy atom. The highest BCUT2D eigenvalue weighted by atomic mass is 16.6. The van der Waals surface area contributed by atoms with Crippen molar-refractivity contribution in [3.8, 4) is 22.8 Å². The lowest BCUT2D eigenvalue weighted by Crippen LogP contribution is -2.15. The number of tetrazole rings is 1. The molecule has 10 nitrogen and oxygen atoms in total. The molecule has 0 N–H and O–H groups in total.